The largest absolute Gasteiger partial charge is 0.486 e. The molecule has 2 aromatic rings. The highest BCUT2D eigenvalue weighted by Gasteiger charge is 2.03. The third kappa shape index (κ3) is 3.31. The first-order valence-corrected chi connectivity index (χ1v) is 6.50. The van der Waals surface area contributed by atoms with Crippen LogP contribution in [-0.2, 0) is 13.0 Å². The monoisotopic (exact) mass is 258 g/mol. The van der Waals surface area contributed by atoms with E-state index in [2.05, 4.69) is 17.1 Å². The van der Waals surface area contributed by atoms with E-state index in [-0.39, 0.29) is 0 Å². The molecule has 0 aliphatic carbocycles. The van der Waals surface area contributed by atoms with E-state index < -0.39 is 0 Å². The van der Waals surface area contributed by atoms with Gasteiger partial charge in [0.05, 0.1) is 12.5 Å². The molecule has 1 heterocycles. The number of nitrogens with zero attached hydrogens (tertiary/aromatic N) is 2. The fraction of sp³-hybridized carbons (Fsp3) is 0.286. The fourth-order valence-corrected chi connectivity index (χ4v) is 2.50. The molecule has 0 saturated heterocycles. The van der Waals surface area contributed by atoms with E-state index in [1.165, 1.54) is 22.5 Å². The molecule has 0 aliphatic heterocycles. The highest BCUT2D eigenvalue weighted by atomic mass is 32.1. The summed E-state index contributed by atoms with van der Waals surface area (Å²) in [7, 11) is 0. The van der Waals surface area contributed by atoms with Crippen LogP contribution >= 0.6 is 11.3 Å². The second kappa shape index (κ2) is 5.65. The van der Waals surface area contributed by atoms with Gasteiger partial charge in [-0.1, -0.05) is 6.07 Å². The molecule has 0 spiro atoms. The Kier molecular flexibility index (Phi) is 3.96. The normalized spacial score (nSPS) is 10.1. The van der Waals surface area contributed by atoms with Crippen molar-refractivity contribution in [1.82, 2.24) is 4.98 Å². The van der Waals surface area contributed by atoms with Crippen molar-refractivity contribution in [3.8, 4) is 11.8 Å². The van der Waals surface area contributed by atoms with E-state index in [1.54, 1.807) is 6.20 Å². The summed E-state index contributed by atoms with van der Waals surface area (Å²) in [5, 5.41) is 9.50. The van der Waals surface area contributed by atoms with Gasteiger partial charge in [0, 0.05) is 11.1 Å². The van der Waals surface area contributed by atoms with Crippen molar-refractivity contribution in [2.75, 3.05) is 0 Å². The minimum Gasteiger partial charge on any atom is -0.486 e. The smallest absolute Gasteiger partial charge is 0.140 e. The van der Waals surface area contributed by atoms with Crippen molar-refractivity contribution in [3.63, 3.8) is 0 Å². The summed E-state index contributed by atoms with van der Waals surface area (Å²) in [6.07, 6.45) is 2.16. The van der Waals surface area contributed by atoms with Gasteiger partial charge in [-0.25, -0.2) is 4.98 Å². The van der Waals surface area contributed by atoms with Crippen LogP contribution in [0.1, 0.15) is 21.0 Å². The van der Waals surface area contributed by atoms with Crippen molar-refractivity contribution in [2.24, 2.45) is 0 Å². The molecule has 0 amide bonds. The lowest BCUT2D eigenvalue weighted by Crippen LogP contribution is -1.95. The maximum atomic E-state index is 8.60. The molecule has 1 aromatic heterocycles. The van der Waals surface area contributed by atoms with E-state index in [9.17, 15) is 0 Å². The van der Waals surface area contributed by atoms with Gasteiger partial charge >= 0.3 is 0 Å². The van der Waals surface area contributed by atoms with Crippen LogP contribution in [0.3, 0.4) is 0 Å². The minimum atomic E-state index is 0.418. The number of ether oxygens (including phenoxy) is 1. The van der Waals surface area contributed by atoms with Gasteiger partial charge in [-0.05, 0) is 37.1 Å². The Morgan fingerprint density at radius 1 is 1.28 bits per heavy atom. The molecule has 0 radical (unpaired) electrons. The summed E-state index contributed by atoms with van der Waals surface area (Å²) in [4.78, 5) is 5.22. The maximum absolute atomic E-state index is 8.60. The zero-order valence-corrected chi connectivity index (χ0v) is 11.3. The Hall–Kier alpha value is -1.86. The third-order valence-corrected chi connectivity index (χ3v) is 3.38. The number of hydrogen-bond donors (Lipinski definition) is 0. The molecule has 92 valence electrons. The Balaban J connectivity index is 2.00. The van der Waals surface area contributed by atoms with E-state index >= 15 is 0 Å². The standard InChI is InChI=1S/C14H14N2OS/c1-10-5-11(2)7-12(6-10)17-9-14-16-8-13(18-14)3-4-15/h5-8H,3,9H2,1-2H3. The molecule has 18 heavy (non-hydrogen) atoms. The van der Waals surface area contributed by atoms with Gasteiger partial charge in [-0.2, -0.15) is 5.26 Å². The number of nitriles is 1. The van der Waals surface area contributed by atoms with E-state index in [4.69, 9.17) is 10.00 Å². The fourth-order valence-electron chi connectivity index (χ4n) is 1.74. The van der Waals surface area contributed by atoms with Crippen molar-refractivity contribution < 1.29 is 4.74 Å². The van der Waals surface area contributed by atoms with Crippen molar-refractivity contribution in [3.05, 3.63) is 45.4 Å². The molecule has 0 unspecified atom stereocenters. The van der Waals surface area contributed by atoms with Gasteiger partial charge in [0.15, 0.2) is 0 Å². The zero-order valence-electron chi connectivity index (χ0n) is 10.4. The quantitative estimate of drug-likeness (QED) is 0.844. The maximum Gasteiger partial charge on any atom is 0.140 e. The number of benzene rings is 1. The van der Waals surface area contributed by atoms with Crippen molar-refractivity contribution in [1.29, 1.82) is 5.26 Å². The SMILES string of the molecule is Cc1cc(C)cc(OCc2ncc(CC#N)s2)c1. The lowest BCUT2D eigenvalue weighted by Gasteiger charge is -2.06. The number of hydrogen-bond acceptors (Lipinski definition) is 4. The first kappa shape index (κ1) is 12.6. The van der Waals surface area contributed by atoms with Crippen LogP contribution in [-0.4, -0.2) is 4.98 Å². The predicted octanol–water partition coefficient (Wildman–Crippen LogP) is 3.41. The topological polar surface area (TPSA) is 45.9 Å². The summed E-state index contributed by atoms with van der Waals surface area (Å²) in [5.74, 6) is 0.865. The molecule has 0 bridgehead atoms. The molecule has 0 N–H and O–H groups in total. The average Bonchev–Trinajstić information content (AvgIpc) is 2.74. The number of aromatic nitrogens is 1. The molecule has 0 saturated carbocycles. The third-order valence-electron chi connectivity index (χ3n) is 2.41. The Morgan fingerprint density at radius 2 is 2.00 bits per heavy atom. The van der Waals surface area contributed by atoms with Crippen LogP contribution < -0.4 is 4.74 Å². The average molecular weight is 258 g/mol. The van der Waals surface area contributed by atoms with Crippen LogP contribution in [0.4, 0.5) is 0 Å². The van der Waals surface area contributed by atoms with Crippen molar-refractivity contribution >= 4 is 11.3 Å². The molecule has 4 heteroatoms. The van der Waals surface area contributed by atoms with E-state index in [0.717, 1.165) is 15.6 Å². The zero-order chi connectivity index (χ0) is 13.0. The summed E-state index contributed by atoms with van der Waals surface area (Å²) >= 11 is 1.53. The second-order valence-corrected chi connectivity index (χ2v) is 5.37. The van der Waals surface area contributed by atoms with Crippen LogP contribution in [0.15, 0.2) is 24.4 Å². The van der Waals surface area contributed by atoms with Gasteiger partial charge in [-0.3, -0.25) is 0 Å². The number of thiazole rings is 1. The molecule has 3 nitrogen and oxygen atoms in total. The molecule has 2 rings (SSSR count). The van der Waals surface area contributed by atoms with Crippen LogP contribution in [0.5, 0.6) is 5.75 Å². The lowest BCUT2D eigenvalue weighted by molar-refractivity contribution is 0.305. The number of aryl methyl sites for hydroxylation is 2. The lowest BCUT2D eigenvalue weighted by atomic mass is 10.1. The molecule has 1 aromatic carbocycles. The Morgan fingerprint density at radius 3 is 2.67 bits per heavy atom. The summed E-state index contributed by atoms with van der Waals surface area (Å²) in [6, 6.07) is 8.25. The van der Waals surface area contributed by atoms with Gasteiger partial charge in [-0.15, -0.1) is 11.3 Å². The summed E-state index contributed by atoms with van der Waals surface area (Å²) in [6.45, 7) is 4.56. The Bertz CT molecular complexity index is 563. The minimum absolute atomic E-state index is 0.418. The predicted molar refractivity (Wildman–Crippen MR) is 71.7 cm³/mol. The van der Waals surface area contributed by atoms with Gasteiger partial charge in [0.2, 0.25) is 0 Å². The van der Waals surface area contributed by atoms with E-state index in [0.29, 0.717) is 13.0 Å². The summed E-state index contributed by atoms with van der Waals surface area (Å²) in [5.41, 5.74) is 2.38. The second-order valence-electron chi connectivity index (χ2n) is 4.17. The van der Waals surface area contributed by atoms with Gasteiger partial charge < -0.3 is 4.74 Å². The van der Waals surface area contributed by atoms with Crippen LogP contribution in [0.2, 0.25) is 0 Å². The van der Waals surface area contributed by atoms with Crippen LogP contribution in [0.25, 0.3) is 0 Å². The first-order chi connectivity index (χ1) is 8.67. The molecule has 0 fully saturated rings. The van der Waals surface area contributed by atoms with Gasteiger partial charge in [0.25, 0.3) is 0 Å². The number of rotatable bonds is 4. The van der Waals surface area contributed by atoms with Crippen molar-refractivity contribution in [2.45, 2.75) is 26.9 Å². The molecular formula is C14H14N2OS. The molecule has 0 atom stereocenters. The summed E-state index contributed by atoms with van der Waals surface area (Å²) < 4.78 is 5.71. The van der Waals surface area contributed by atoms with E-state index in [1.807, 2.05) is 26.0 Å². The highest BCUT2D eigenvalue weighted by Crippen LogP contribution is 2.19. The highest BCUT2D eigenvalue weighted by molar-refractivity contribution is 7.11. The first-order valence-electron chi connectivity index (χ1n) is 5.69. The molecular weight excluding hydrogens is 244 g/mol. The molecule has 0 aliphatic rings. The van der Waals surface area contributed by atoms with Gasteiger partial charge in [0.1, 0.15) is 17.4 Å². The van der Waals surface area contributed by atoms with Crippen LogP contribution in [0, 0.1) is 25.2 Å². The Labute approximate surface area is 111 Å².